The van der Waals surface area contributed by atoms with Crippen LogP contribution in [0.5, 0.6) is 5.75 Å². The van der Waals surface area contributed by atoms with E-state index in [1.807, 2.05) is 66.7 Å². The zero-order valence-electron chi connectivity index (χ0n) is 16.9. The number of para-hydroxylation sites is 3. The zero-order chi connectivity index (χ0) is 21.5. The number of urea groups is 1. The van der Waals surface area contributed by atoms with E-state index in [2.05, 4.69) is 25.9 Å². The van der Waals surface area contributed by atoms with Gasteiger partial charge >= 0.3 is 6.03 Å². The maximum Gasteiger partial charge on any atom is 0.324 e. The van der Waals surface area contributed by atoms with Gasteiger partial charge in [-0.25, -0.2) is 14.8 Å². The van der Waals surface area contributed by atoms with Crippen LogP contribution in [0.4, 0.5) is 27.8 Å². The first kappa shape index (κ1) is 19.9. The lowest BCUT2D eigenvalue weighted by Crippen LogP contribution is -2.20. The summed E-state index contributed by atoms with van der Waals surface area (Å²) >= 11 is 0. The lowest BCUT2D eigenvalue weighted by molar-refractivity contribution is 0.262. The van der Waals surface area contributed by atoms with Crippen molar-refractivity contribution in [2.45, 2.75) is 0 Å². The Morgan fingerprint density at radius 1 is 0.774 bits per heavy atom. The molecule has 2 aromatic heterocycles. The SMILES string of the molecule is COc1ccccc1NC(=O)Nc1cc(-c2ccnc(Nc3ccccc3)c2)ccn1. The van der Waals surface area contributed by atoms with Crippen molar-refractivity contribution >= 4 is 29.0 Å². The fourth-order valence-electron chi connectivity index (χ4n) is 3.04. The van der Waals surface area contributed by atoms with Crippen molar-refractivity contribution in [3.63, 3.8) is 0 Å². The number of nitrogens with one attached hydrogen (secondary N) is 3. The highest BCUT2D eigenvalue weighted by Crippen LogP contribution is 2.25. The predicted molar refractivity (Wildman–Crippen MR) is 123 cm³/mol. The van der Waals surface area contributed by atoms with Crippen molar-refractivity contribution in [2.75, 3.05) is 23.1 Å². The number of aromatic nitrogens is 2. The monoisotopic (exact) mass is 411 g/mol. The van der Waals surface area contributed by atoms with E-state index in [4.69, 9.17) is 4.74 Å². The minimum Gasteiger partial charge on any atom is -0.495 e. The zero-order valence-corrected chi connectivity index (χ0v) is 16.9. The minimum atomic E-state index is -0.407. The van der Waals surface area contributed by atoms with Crippen molar-refractivity contribution in [2.24, 2.45) is 0 Å². The average Bonchev–Trinajstić information content (AvgIpc) is 2.80. The molecule has 7 heteroatoms. The van der Waals surface area contributed by atoms with E-state index in [-0.39, 0.29) is 0 Å². The number of hydrogen-bond acceptors (Lipinski definition) is 5. The summed E-state index contributed by atoms with van der Waals surface area (Å²) in [6, 6.07) is 24.2. The van der Waals surface area contributed by atoms with Crippen molar-refractivity contribution in [1.82, 2.24) is 9.97 Å². The highest BCUT2D eigenvalue weighted by atomic mass is 16.5. The molecule has 3 N–H and O–H groups in total. The van der Waals surface area contributed by atoms with Crippen LogP contribution in [0.3, 0.4) is 0 Å². The number of carbonyl (C=O) groups excluding carboxylic acids is 1. The molecule has 0 aliphatic carbocycles. The summed E-state index contributed by atoms with van der Waals surface area (Å²) in [5.74, 6) is 1.73. The third-order valence-corrected chi connectivity index (χ3v) is 4.50. The molecule has 0 radical (unpaired) electrons. The molecule has 4 rings (SSSR count). The van der Waals surface area contributed by atoms with Gasteiger partial charge in [-0.3, -0.25) is 5.32 Å². The Bertz CT molecular complexity index is 1180. The standard InChI is InChI=1S/C24H21N5O2/c1-31-21-10-6-5-9-20(21)28-24(30)29-23-16-18(12-14-26-23)17-11-13-25-22(15-17)27-19-7-3-2-4-8-19/h2-16H,1H3,(H,25,27)(H2,26,28,29,30). The normalized spacial score (nSPS) is 10.2. The molecule has 0 saturated heterocycles. The summed E-state index contributed by atoms with van der Waals surface area (Å²) in [5, 5.41) is 8.81. The van der Waals surface area contributed by atoms with E-state index < -0.39 is 6.03 Å². The van der Waals surface area contributed by atoms with Crippen LogP contribution in [0, 0.1) is 0 Å². The third kappa shape index (κ3) is 5.16. The van der Waals surface area contributed by atoms with Crippen LogP contribution in [0.2, 0.25) is 0 Å². The van der Waals surface area contributed by atoms with Crippen LogP contribution in [-0.4, -0.2) is 23.1 Å². The molecule has 0 bridgehead atoms. The van der Waals surface area contributed by atoms with E-state index in [1.165, 1.54) is 0 Å². The van der Waals surface area contributed by atoms with Crippen LogP contribution in [0.1, 0.15) is 0 Å². The van der Waals surface area contributed by atoms with Crippen LogP contribution >= 0.6 is 0 Å². The van der Waals surface area contributed by atoms with Crippen molar-refractivity contribution < 1.29 is 9.53 Å². The molecule has 0 aliphatic heterocycles. The van der Waals surface area contributed by atoms with Gasteiger partial charge in [-0.15, -0.1) is 0 Å². The van der Waals surface area contributed by atoms with E-state index in [1.54, 1.807) is 31.6 Å². The maximum absolute atomic E-state index is 12.4. The second kappa shape index (κ2) is 9.41. The number of ether oxygens (including phenoxy) is 1. The number of benzene rings is 2. The molecule has 2 aromatic carbocycles. The highest BCUT2D eigenvalue weighted by molar-refractivity contribution is 6.00. The van der Waals surface area contributed by atoms with E-state index >= 15 is 0 Å². The van der Waals surface area contributed by atoms with E-state index in [9.17, 15) is 4.79 Å². The van der Waals surface area contributed by atoms with Gasteiger partial charge in [-0.2, -0.15) is 0 Å². The van der Waals surface area contributed by atoms with Crippen LogP contribution in [0.15, 0.2) is 91.3 Å². The Balaban J connectivity index is 1.48. The van der Waals surface area contributed by atoms with Gasteiger partial charge in [0.15, 0.2) is 0 Å². The molecule has 31 heavy (non-hydrogen) atoms. The number of methoxy groups -OCH3 is 1. The lowest BCUT2D eigenvalue weighted by atomic mass is 10.1. The minimum absolute atomic E-state index is 0.407. The Morgan fingerprint density at radius 2 is 1.42 bits per heavy atom. The number of hydrogen-bond donors (Lipinski definition) is 3. The molecule has 0 atom stereocenters. The third-order valence-electron chi connectivity index (χ3n) is 4.50. The smallest absolute Gasteiger partial charge is 0.324 e. The summed E-state index contributed by atoms with van der Waals surface area (Å²) in [6.45, 7) is 0. The Kier molecular flexibility index (Phi) is 6.04. The second-order valence-electron chi connectivity index (χ2n) is 6.63. The molecule has 2 amide bonds. The Labute approximate surface area is 180 Å². The largest absolute Gasteiger partial charge is 0.495 e. The summed E-state index contributed by atoms with van der Waals surface area (Å²) in [6.07, 6.45) is 3.39. The molecule has 7 nitrogen and oxygen atoms in total. The molecular formula is C24H21N5O2. The van der Waals surface area contributed by atoms with Crippen molar-refractivity contribution in [3.8, 4) is 16.9 Å². The fourth-order valence-corrected chi connectivity index (χ4v) is 3.04. The second-order valence-corrected chi connectivity index (χ2v) is 6.63. The Morgan fingerprint density at radius 3 is 2.16 bits per heavy atom. The molecular weight excluding hydrogens is 390 g/mol. The summed E-state index contributed by atoms with van der Waals surface area (Å²) in [7, 11) is 1.55. The van der Waals surface area contributed by atoms with Gasteiger partial charge in [-0.05, 0) is 59.7 Å². The number of nitrogens with zero attached hydrogens (tertiary/aromatic N) is 2. The fraction of sp³-hybridized carbons (Fsp3) is 0.0417. The molecule has 0 spiro atoms. The number of anilines is 4. The molecule has 2 heterocycles. The molecule has 0 aliphatic rings. The highest BCUT2D eigenvalue weighted by Gasteiger charge is 2.09. The van der Waals surface area contributed by atoms with Crippen molar-refractivity contribution in [3.05, 3.63) is 91.3 Å². The van der Waals surface area contributed by atoms with Gasteiger partial charge in [0.1, 0.15) is 17.4 Å². The van der Waals surface area contributed by atoms with Gasteiger partial charge < -0.3 is 15.4 Å². The van der Waals surface area contributed by atoms with E-state index in [0.29, 0.717) is 17.3 Å². The summed E-state index contributed by atoms with van der Waals surface area (Å²) < 4.78 is 5.26. The van der Waals surface area contributed by atoms with Crippen LogP contribution < -0.4 is 20.7 Å². The topological polar surface area (TPSA) is 88.2 Å². The van der Waals surface area contributed by atoms with Gasteiger partial charge in [0.05, 0.1) is 12.8 Å². The van der Waals surface area contributed by atoms with Crippen molar-refractivity contribution in [1.29, 1.82) is 0 Å². The first-order valence-electron chi connectivity index (χ1n) is 9.67. The van der Waals surface area contributed by atoms with Gasteiger partial charge in [0.25, 0.3) is 0 Å². The van der Waals surface area contributed by atoms with E-state index in [0.717, 1.165) is 22.6 Å². The van der Waals surface area contributed by atoms with Crippen LogP contribution in [0.25, 0.3) is 11.1 Å². The number of rotatable bonds is 6. The molecule has 0 unspecified atom stereocenters. The van der Waals surface area contributed by atoms with Gasteiger partial charge in [0, 0.05) is 18.1 Å². The molecule has 154 valence electrons. The van der Waals surface area contributed by atoms with Gasteiger partial charge in [-0.1, -0.05) is 30.3 Å². The van der Waals surface area contributed by atoms with Crippen LogP contribution in [-0.2, 0) is 0 Å². The molecule has 0 fully saturated rings. The number of pyridine rings is 2. The summed E-state index contributed by atoms with van der Waals surface area (Å²) in [4.78, 5) is 21.0. The molecule has 4 aromatic rings. The maximum atomic E-state index is 12.4. The first-order valence-corrected chi connectivity index (χ1v) is 9.67. The number of carbonyl (C=O) groups is 1. The first-order chi connectivity index (χ1) is 15.2. The Hall–Kier alpha value is -4.39. The quantitative estimate of drug-likeness (QED) is 0.388. The lowest BCUT2D eigenvalue weighted by Gasteiger charge is -2.11. The summed E-state index contributed by atoms with van der Waals surface area (Å²) in [5.41, 5.74) is 3.38. The average molecular weight is 411 g/mol. The predicted octanol–water partition coefficient (Wildman–Crippen LogP) is 5.54. The number of amides is 2. The van der Waals surface area contributed by atoms with Gasteiger partial charge in [0.2, 0.25) is 0 Å². The molecule has 0 saturated carbocycles.